The van der Waals surface area contributed by atoms with Crippen molar-refractivity contribution in [3.63, 3.8) is 0 Å². The zero-order chi connectivity index (χ0) is 16.1. The van der Waals surface area contributed by atoms with Crippen LogP contribution >= 0.6 is 0 Å². The van der Waals surface area contributed by atoms with Crippen LogP contribution in [0.4, 0.5) is 0 Å². The van der Waals surface area contributed by atoms with Crippen molar-refractivity contribution in [3.05, 3.63) is 34.7 Å². The molecular formula is C16H21N3O2Si. The van der Waals surface area contributed by atoms with Crippen molar-refractivity contribution in [1.82, 2.24) is 14.5 Å². The van der Waals surface area contributed by atoms with E-state index in [2.05, 4.69) is 36.5 Å². The number of ether oxygens (including phenoxy) is 1. The molecule has 22 heavy (non-hydrogen) atoms. The van der Waals surface area contributed by atoms with Crippen LogP contribution in [0.25, 0.3) is 21.9 Å². The molecule has 0 amide bonds. The highest BCUT2D eigenvalue weighted by Crippen LogP contribution is 2.25. The van der Waals surface area contributed by atoms with Crippen LogP contribution in [-0.4, -0.2) is 28.3 Å². The molecule has 1 atom stereocenters. The lowest BCUT2D eigenvalue weighted by atomic mass is 10.2. The Morgan fingerprint density at radius 1 is 1.32 bits per heavy atom. The number of nitrogens with one attached hydrogen (secondary N) is 1. The Bertz CT molecular complexity index is 905. The fraction of sp³-hybridized carbons (Fsp3) is 0.375. The first-order valence-electron chi connectivity index (χ1n) is 7.41. The molecule has 0 saturated carbocycles. The normalized spacial score (nSPS) is 13.7. The number of nitrogens with zero attached hydrogens (tertiary/aromatic N) is 2. The molecular weight excluding hydrogens is 294 g/mol. The van der Waals surface area contributed by atoms with Gasteiger partial charge in [0, 0.05) is 30.9 Å². The number of H-pyrrole nitrogens is 1. The molecule has 1 unspecified atom stereocenters. The quantitative estimate of drug-likeness (QED) is 0.756. The standard InChI is InChI=1S/C16H21N3O2Si/c1-10(22(3,4)5)21-14-8-13(20)12-9-18-16-11(6-7-17-16)15(12)19(14)2/h6-10H,1-5H3,(H,17,18). The van der Waals surface area contributed by atoms with Gasteiger partial charge >= 0.3 is 0 Å². The number of aromatic amines is 1. The van der Waals surface area contributed by atoms with Gasteiger partial charge in [-0.1, -0.05) is 19.6 Å². The minimum atomic E-state index is -1.45. The second-order valence-electron chi connectivity index (χ2n) is 6.79. The third kappa shape index (κ3) is 2.33. The zero-order valence-electron chi connectivity index (χ0n) is 13.6. The van der Waals surface area contributed by atoms with Crippen molar-refractivity contribution in [1.29, 1.82) is 0 Å². The second-order valence-corrected chi connectivity index (χ2v) is 12.3. The summed E-state index contributed by atoms with van der Waals surface area (Å²) in [6.07, 6.45) is 3.46. The highest BCUT2D eigenvalue weighted by atomic mass is 28.3. The van der Waals surface area contributed by atoms with Crippen LogP contribution in [0.5, 0.6) is 5.88 Å². The van der Waals surface area contributed by atoms with Crippen molar-refractivity contribution >= 4 is 30.0 Å². The van der Waals surface area contributed by atoms with Gasteiger partial charge in [0.25, 0.3) is 0 Å². The van der Waals surface area contributed by atoms with Crippen LogP contribution in [0, 0.1) is 0 Å². The molecule has 5 nitrogen and oxygen atoms in total. The molecule has 0 saturated heterocycles. The van der Waals surface area contributed by atoms with Gasteiger partial charge < -0.3 is 14.3 Å². The molecule has 0 radical (unpaired) electrons. The molecule has 0 aliphatic carbocycles. The summed E-state index contributed by atoms with van der Waals surface area (Å²) in [4.78, 5) is 19.8. The Morgan fingerprint density at radius 3 is 2.73 bits per heavy atom. The Hall–Kier alpha value is -2.08. The molecule has 0 aliphatic rings. The van der Waals surface area contributed by atoms with Gasteiger partial charge in [0.15, 0.2) is 11.3 Å². The first kappa shape index (κ1) is 14.8. The average Bonchev–Trinajstić information content (AvgIpc) is 2.90. The van der Waals surface area contributed by atoms with E-state index in [1.54, 1.807) is 12.3 Å². The van der Waals surface area contributed by atoms with Gasteiger partial charge in [-0.15, -0.1) is 0 Å². The maximum atomic E-state index is 12.4. The number of pyridine rings is 2. The first-order valence-corrected chi connectivity index (χ1v) is 11.0. The van der Waals surface area contributed by atoms with Gasteiger partial charge in [-0.05, 0) is 13.0 Å². The van der Waals surface area contributed by atoms with Crippen LogP contribution in [-0.2, 0) is 7.05 Å². The minimum Gasteiger partial charge on any atom is -0.480 e. The van der Waals surface area contributed by atoms with Crippen LogP contribution in [0.2, 0.25) is 19.6 Å². The van der Waals surface area contributed by atoms with Crippen LogP contribution in [0.1, 0.15) is 6.92 Å². The number of hydrogen-bond donors (Lipinski definition) is 1. The molecule has 0 bridgehead atoms. The van der Waals surface area contributed by atoms with Gasteiger partial charge in [0.2, 0.25) is 0 Å². The highest BCUT2D eigenvalue weighted by molar-refractivity contribution is 6.77. The molecule has 3 aromatic rings. The second kappa shape index (κ2) is 4.98. The molecule has 0 aromatic carbocycles. The summed E-state index contributed by atoms with van der Waals surface area (Å²) < 4.78 is 8.07. The number of rotatable bonds is 3. The maximum Gasteiger partial charge on any atom is 0.197 e. The van der Waals surface area contributed by atoms with Crippen molar-refractivity contribution in [3.8, 4) is 5.88 Å². The number of fused-ring (bicyclic) bond motifs is 3. The maximum absolute atomic E-state index is 12.4. The third-order valence-electron chi connectivity index (χ3n) is 4.26. The van der Waals surface area contributed by atoms with E-state index in [0.29, 0.717) is 11.3 Å². The molecule has 1 N–H and O–H groups in total. The third-order valence-corrected chi connectivity index (χ3v) is 6.82. The summed E-state index contributed by atoms with van der Waals surface area (Å²) in [5.74, 6) is 0.612. The van der Waals surface area contributed by atoms with Crippen molar-refractivity contribution in [2.75, 3.05) is 0 Å². The van der Waals surface area contributed by atoms with Gasteiger partial charge in [0.1, 0.15) is 5.65 Å². The lowest BCUT2D eigenvalue weighted by Gasteiger charge is -2.27. The predicted octanol–water partition coefficient (Wildman–Crippen LogP) is 3.06. The van der Waals surface area contributed by atoms with Crippen LogP contribution in [0.15, 0.2) is 29.3 Å². The summed E-state index contributed by atoms with van der Waals surface area (Å²) in [7, 11) is 0.483. The molecule has 6 heteroatoms. The van der Waals surface area contributed by atoms with E-state index in [0.717, 1.165) is 16.6 Å². The van der Waals surface area contributed by atoms with E-state index in [9.17, 15) is 4.79 Å². The van der Waals surface area contributed by atoms with Gasteiger partial charge in [-0.25, -0.2) is 4.98 Å². The van der Waals surface area contributed by atoms with E-state index >= 15 is 0 Å². The zero-order valence-corrected chi connectivity index (χ0v) is 14.6. The lowest BCUT2D eigenvalue weighted by Crippen LogP contribution is -2.40. The first-order chi connectivity index (χ1) is 10.3. The number of aryl methyl sites for hydroxylation is 1. The number of hydrogen-bond acceptors (Lipinski definition) is 3. The molecule has 116 valence electrons. The Morgan fingerprint density at radius 2 is 2.05 bits per heavy atom. The summed E-state index contributed by atoms with van der Waals surface area (Å²) in [5, 5.41) is 1.55. The Labute approximate surface area is 129 Å². The van der Waals surface area contributed by atoms with E-state index < -0.39 is 8.07 Å². The van der Waals surface area contributed by atoms with Gasteiger partial charge in [0.05, 0.1) is 24.7 Å². The average molecular weight is 315 g/mol. The molecule has 3 aromatic heterocycles. The molecule has 3 rings (SSSR count). The highest BCUT2D eigenvalue weighted by Gasteiger charge is 2.25. The summed E-state index contributed by atoms with van der Waals surface area (Å²) in [5.41, 5.74) is 1.70. The van der Waals surface area contributed by atoms with Gasteiger partial charge in [-0.2, -0.15) is 0 Å². The molecule has 0 aliphatic heterocycles. The SMILES string of the molecule is CC(Oc1cc(=O)c2cnc3[nH]ccc3c2n1C)[Si](C)(C)C. The lowest BCUT2D eigenvalue weighted by molar-refractivity contribution is 0.268. The van der Waals surface area contributed by atoms with E-state index in [-0.39, 0.29) is 11.2 Å². The van der Waals surface area contributed by atoms with Gasteiger partial charge in [-0.3, -0.25) is 4.79 Å². The topological polar surface area (TPSA) is 59.9 Å². The van der Waals surface area contributed by atoms with Crippen molar-refractivity contribution in [2.45, 2.75) is 32.3 Å². The minimum absolute atomic E-state index is 0.0542. The monoisotopic (exact) mass is 315 g/mol. The van der Waals surface area contributed by atoms with E-state index in [4.69, 9.17) is 4.74 Å². The summed E-state index contributed by atoms with van der Waals surface area (Å²) in [6.45, 7) is 8.85. The Balaban J connectivity index is 2.25. The van der Waals surface area contributed by atoms with Crippen molar-refractivity contribution in [2.24, 2.45) is 7.05 Å². The largest absolute Gasteiger partial charge is 0.480 e. The van der Waals surface area contributed by atoms with E-state index in [1.807, 2.05) is 23.9 Å². The molecule has 0 fully saturated rings. The number of aromatic nitrogens is 3. The van der Waals surface area contributed by atoms with Crippen LogP contribution < -0.4 is 10.2 Å². The fourth-order valence-corrected chi connectivity index (χ4v) is 2.88. The van der Waals surface area contributed by atoms with E-state index in [1.165, 1.54) is 0 Å². The smallest absolute Gasteiger partial charge is 0.197 e. The summed E-state index contributed by atoms with van der Waals surface area (Å²) in [6, 6.07) is 3.51. The molecule has 3 heterocycles. The molecule has 0 spiro atoms. The Kier molecular flexibility index (Phi) is 3.36. The van der Waals surface area contributed by atoms with Crippen molar-refractivity contribution < 1.29 is 4.74 Å². The predicted molar refractivity (Wildman–Crippen MR) is 92.3 cm³/mol. The fourth-order valence-electron chi connectivity index (χ4n) is 2.40. The van der Waals surface area contributed by atoms with Crippen LogP contribution in [0.3, 0.4) is 0 Å². The summed E-state index contributed by atoms with van der Waals surface area (Å²) >= 11 is 0.